The van der Waals surface area contributed by atoms with E-state index in [9.17, 15) is 4.39 Å². The molecule has 2 rings (SSSR count). The molecule has 2 aliphatic carbocycles. The summed E-state index contributed by atoms with van der Waals surface area (Å²) in [6.07, 6.45) is 7.79. The van der Waals surface area contributed by atoms with E-state index in [4.69, 9.17) is 0 Å². The normalized spacial score (nSPS) is 46.6. The number of rotatable bonds is 1. The minimum Gasteiger partial charge on any atom is -0.247 e. The molecule has 2 atom stereocenters. The molecule has 0 radical (unpaired) electrons. The highest BCUT2D eigenvalue weighted by molar-refractivity contribution is 4.82. The molecule has 2 aliphatic rings. The first-order chi connectivity index (χ1) is 6.25. The van der Waals surface area contributed by atoms with Crippen LogP contribution < -0.4 is 0 Å². The van der Waals surface area contributed by atoms with Crippen molar-refractivity contribution in [2.75, 3.05) is 0 Å². The quantitative estimate of drug-likeness (QED) is 0.579. The molecule has 13 heavy (non-hydrogen) atoms. The van der Waals surface area contributed by atoms with Crippen molar-refractivity contribution in [3.05, 3.63) is 0 Å². The molecule has 0 bridgehead atoms. The van der Waals surface area contributed by atoms with E-state index in [1.54, 1.807) is 0 Å². The molecule has 2 unspecified atom stereocenters. The van der Waals surface area contributed by atoms with Crippen molar-refractivity contribution in [3.8, 4) is 0 Å². The predicted octanol–water partition coefficient (Wildman–Crippen LogP) is 3.95. The second kappa shape index (κ2) is 3.98. The fourth-order valence-corrected chi connectivity index (χ4v) is 3.23. The fourth-order valence-electron chi connectivity index (χ4n) is 3.23. The minimum absolute atomic E-state index is 0.477. The van der Waals surface area contributed by atoms with Crippen molar-refractivity contribution in [3.63, 3.8) is 0 Å². The van der Waals surface area contributed by atoms with Gasteiger partial charge in [0.2, 0.25) is 0 Å². The zero-order valence-electron chi connectivity index (χ0n) is 8.64. The summed E-state index contributed by atoms with van der Waals surface area (Å²) in [5, 5.41) is 0. The monoisotopic (exact) mass is 184 g/mol. The molecule has 0 spiro atoms. The molecular formula is C12H21F. The Kier molecular flexibility index (Phi) is 2.90. The predicted molar refractivity (Wildman–Crippen MR) is 53.4 cm³/mol. The minimum atomic E-state index is -0.477. The Balaban J connectivity index is 1.81. The summed E-state index contributed by atoms with van der Waals surface area (Å²) in [6, 6.07) is 0. The standard InChI is InChI=1S/C12H21F/c1-9-2-3-11(8-9)10-4-6-12(13)7-5-10/h9-12H,2-8H2,1H3. The van der Waals surface area contributed by atoms with E-state index in [1.807, 2.05) is 0 Å². The maximum absolute atomic E-state index is 12.9. The highest BCUT2D eigenvalue weighted by atomic mass is 19.1. The molecule has 0 heterocycles. The summed E-state index contributed by atoms with van der Waals surface area (Å²) in [5.74, 6) is 2.76. The fraction of sp³-hybridized carbons (Fsp3) is 1.00. The van der Waals surface area contributed by atoms with Gasteiger partial charge in [-0.1, -0.05) is 13.3 Å². The van der Waals surface area contributed by atoms with Crippen LogP contribution in [-0.2, 0) is 0 Å². The van der Waals surface area contributed by atoms with Gasteiger partial charge in [-0.25, -0.2) is 4.39 Å². The van der Waals surface area contributed by atoms with E-state index < -0.39 is 6.17 Å². The molecule has 76 valence electrons. The van der Waals surface area contributed by atoms with Gasteiger partial charge in [0.1, 0.15) is 6.17 Å². The van der Waals surface area contributed by atoms with E-state index in [2.05, 4.69) is 6.92 Å². The van der Waals surface area contributed by atoms with Crippen LogP contribution in [0.5, 0.6) is 0 Å². The lowest BCUT2D eigenvalue weighted by Crippen LogP contribution is -2.20. The maximum Gasteiger partial charge on any atom is 0.100 e. The number of alkyl halides is 1. The average molecular weight is 184 g/mol. The molecule has 0 nitrogen and oxygen atoms in total. The van der Waals surface area contributed by atoms with E-state index in [1.165, 1.54) is 32.1 Å². The number of halogens is 1. The molecule has 0 N–H and O–H groups in total. The molecule has 0 aromatic carbocycles. The van der Waals surface area contributed by atoms with Gasteiger partial charge < -0.3 is 0 Å². The largest absolute Gasteiger partial charge is 0.247 e. The third-order valence-electron chi connectivity index (χ3n) is 4.10. The summed E-state index contributed by atoms with van der Waals surface area (Å²) < 4.78 is 12.9. The lowest BCUT2D eigenvalue weighted by Gasteiger charge is -2.29. The van der Waals surface area contributed by atoms with Crippen LogP contribution in [0.1, 0.15) is 51.9 Å². The summed E-state index contributed by atoms with van der Waals surface area (Å²) in [4.78, 5) is 0. The molecular weight excluding hydrogens is 163 g/mol. The second-order valence-corrected chi connectivity index (χ2v) is 5.19. The first kappa shape index (κ1) is 9.48. The van der Waals surface area contributed by atoms with Gasteiger partial charge in [0, 0.05) is 0 Å². The maximum atomic E-state index is 12.9. The Morgan fingerprint density at radius 2 is 1.46 bits per heavy atom. The van der Waals surface area contributed by atoms with E-state index in [0.717, 1.165) is 30.6 Å². The van der Waals surface area contributed by atoms with Gasteiger partial charge in [-0.15, -0.1) is 0 Å². The molecule has 0 aromatic rings. The van der Waals surface area contributed by atoms with Gasteiger partial charge in [0.25, 0.3) is 0 Å². The molecule has 0 saturated heterocycles. The SMILES string of the molecule is CC1CCC(C2CCC(F)CC2)C1. The average Bonchev–Trinajstić information content (AvgIpc) is 2.53. The Hall–Kier alpha value is -0.0700. The highest BCUT2D eigenvalue weighted by Gasteiger charge is 2.31. The van der Waals surface area contributed by atoms with Crippen molar-refractivity contribution in [1.82, 2.24) is 0 Å². The lowest BCUT2D eigenvalue weighted by molar-refractivity contribution is 0.166. The summed E-state index contributed by atoms with van der Waals surface area (Å²) >= 11 is 0. The summed E-state index contributed by atoms with van der Waals surface area (Å²) in [7, 11) is 0. The van der Waals surface area contributed by atoms with Gasteiger partial charge in [-0.2, -0.15) is 0 Å². The molecule has 0 aliphatic heterocycles. The van der Waals surface area contributed by atoms with Crippen LogP contribution >= 0.6 is 0 Å². The molecule has 0 amide bonds. The first-order valence-corrected chi connectivity index (χ1v) is 5.89. The van der Waals surface area contributed by atoms with E-state index in [0.29, 0.717) is 0 Å². The summed E-state index contributed by atoms with van der Waals surface area (Å²) in [6.45, 7) is 2.36. The van der Waals surface area contributed by atoms with Crippen molar-refractivity contribution in [1.29, 1.82) is 0 Å². The van der Waals surface area contributed by atoms with Crippen LogP contribution in [0.3, 0.4) is 0 Å². The van der Waals surface area contributed by atoms with Gasteiger partial charge in [0.15, 0.2) is 0 Å². The Bertz CT molecular complexity index is 159. The van der Waals surface area contributed by atoms with Crippen molar-refractivity contribution >= 4 is 0 Å². The summed E-state index contributed by atoms with van der Waals surface area (Å²) in [5.41, 5.74) is 0. The Morgan fingerprint density at radius 3 is 2.00 bits per heavy atom. The van der Waals surface area contributed by atoms with E-state index in [-0.39, 0.29) is 0 Å². The van der Waals surface area contributed by atoms with Gasteiger partial charge in [0.05, 0.1) is 0 Å². The van der Waals surface area contributed by atoms with E-state index >= 15 is 0 Å². The number of hydrogen-bond donors (Lipinski definition) is 0. The smallest absolute Gasteiger partial charge is 0.100 e. The third-order valence-corrected chi connectivity index (χ3v) is 4.10. The van der Waals surface area contributed by atoms with Crippen LogP contribution in [0.4, 0.5) is 4.39 Å². The van der Waals surface area contributed by atoms with Crippen LogP contribution in [-0.4, -0.2) is 6.17 Å². The van der Waals surface area contributed by atoms with Crippen molar-refractivity contribution in [2.45, 2.75) is 58.0 Å². The van der Waals surface area contributed by atoms with Gasteiger partial charge in [-0.3, -0.25) is 0 Å². The van der Waals surface area contributed by atoms with Crippen molar-refractivity contribution < 1.29 is 4.39 Å². The number of hydrogen-bond acceptors (Lipinski definition) is 0. The first-order valence-electron chi connectivity index (χ1n) is 5.89. The van der Waals surface area contributed by atoms with Crippen LogP contribution in [0.15, 0.2) is 0 Å². The molecule has 1 heteroatoms. The van der Waals surface area contributed by atoms with Crippen LogP contribution in [0, 0.1) is 17.8 Å². The highest BCUT2D eigenvalue weighted by Crippen LogP contribution is 2.41. The van der Waals surface area contributed by atoms with Crippen LogP contribution in [0.25, 0.3) is 0 Å². The van der Waals surface area contributed by atoms with Crippen LogP contribution in [0.2, 0.25) is 0 Å². The zero-order chi connectivity index (χ0) is 9.26. The Morgan fingerprint density at radius 1 is 0.846 bits per heavy atom. The van der Waals surface area contributed by atoms with Gasteiger partial charge in [-0.05, 0) is 56.3 Å². The zero-order valence-corrected chi connectivity index (χ0v) is 8.64. The molecule has 0 aromatic heterocycles. The second-order valence-electron chi connectivity index (χ2n) is 5.19. The Labute approximate surface area is 80.9 Å². The topological polar surface area (TPSA) is 0 Å². The lowest BCUT2D eigenvalue weighted by atomic mass is 9.78. The molecule has 2 saturated carbocycles. The third kappa shape index (κ3) is 2.24. The molecule has 2 fully saturated rings. The van der Waals surface area contributed by atoms with Crippen molar-refractivity contribution in [2.24, 2.45) is 17.8 Å². The van der Waals surface area contributed by atoms with Gasteiger partial charge >= 0.3 is 0 Å².